The fourth-order valence-electron chi connectivity index (χ4n) is 4.55. The first-order valence-electron chi connectivity index (χ1n) is 12.0. The fourth-order valence-corrected chi connectivity index (χ4v) is 6.63. The highest BCUT2D eigenvalue weighted by atomic mass is 79.9. The summed E-state index contributed by atoms with van der Waals surface area (Å²) in [6, 6.07) is 18.0. The monoisotopic (exact) mass is 643 g/mol. The van der Waals surface area contributed by atoms with Gasteiger partial charge in [0.2, 0.25) is 5.91 Å². The lowest BCUT2D eigenvalue weighted by Crippen LogP contribution is -2.73. The number of ether oxygens (including phenoxy) is 1. The molecule has 2 saturated heterocycles. The third kappa shape index (κ3) is 5.49. The van der Waals surface area contributed by atoms with Gasteiger partial charge in [0, 0.05) is 17.7 Å². The van der Waals surface area contributed by atoms with E-state index in [2.05, 4.69) is 22.0 Å². The zero-order valence-electron chi connectivity index (χ0n) is 21.0. The second-order valence-electron chi connectivity index (χ2n) is 9.11. The van der Waals surface area contributed by atoms with Gasteiger partial charge in [-0.2, -0.15) is 0 Å². The van der Waals surface area contributed by atoms with Crippen molar-refractivity contribution in [3.8, 4) is 0 Å². The number of rotatable bonds is 8. The minimum absolute atomic E-state index is 0. The number of oxime groups is 1. The third-order valence-corrected chi connectivity index (χ3v) is 8.92. The lowest BCUT2D eigenvalue weighted by molar-refractivity contribution is -0.162. The number of halogens is 1. The van der Waals surface area contributed by atoms with Crippen molar-refractivity contribution < 1.29 is 24.3 Å². The second-order valence-corrected chi connectivity index (χ2v) is 11.1. The van der Waals surface area contributed by atoms with E-state index in [1.54, 1.807) is 0 Å². The van der Waals surface area contributed by atoms with Gasteiger partial charge in [0.15, 0.2) is 16.9 Å². The number of amides is 2. The Morgan fingerprint density at radius 2 is 1.82 bits per heavy atom. The molecule has 4 N–H and O–H groups in total. The first-order chi connectivity index (χ1) is 18.9. The summed E-state index contributed by atoms with van der Waals surface area (Å²) in [4.78, 5) is 44.9. The van der Waals surface area contributed by atoms with Gasteiger partial charge in [-0.1, -0.05) is 71.9 Å². The lowest BCUT2D eigenvalue weighted by Gasteiger charge is -2.53. The highest BCUT2D eigenvalue weighted by Gasteiger charge is 2.57. The zero-order chi connectivity index (χ0) is 27.6. The molecule has 10 nitrogen and oxygen atoms in total. The summed E-state index contributed by atoms with van der Waals surface area (Å²) in [5, 5.41) is 16.3. The van der Waals surface area contributed by atoms with Crippen LogP contribution < -0.4 is 11.1 Å². The Labute approximate surface area is 249 Å². The molecule has 1 aromatic heterocycles. The van der Waals surface area contributed by atoms with Crippen LogP contribution in [0.2, 0.25) is 0 Å². The van der Waals surface area contributed by atoms with Crippen molar-refractivity contribution in [1.29, 1.82) is 0 Å². The van der Waals surface area contributed by atoms with Gasteiger partial charge in [-0.15, -0.1) is 46.7 Å². The first-order valence-corrected chi connectivity index (χ1v) is 13.9. The number of esters is 1. The molecule has 2 amide bonds. The molecule has 13 heteroatoms. The number of aromatic nitrogens is 1. The molecule has 0 bridgehead atoms. The van der Waals surface area contributed by atoms with Gasteiger partial charge in [0.05, 0.1) is 0 Å². The van der Waals surface area contributed by atoms with Crippen molar-refractivity contribution in [2.24, 2.45) is 10.6 Å². The van der Waals surface area contributed by atoms with Crippen molar-refractivity contribution in [1.82, 2.24) is 15.2 Å². The third-order valence-electron chi connectivity index (χ3n) is 6.70. The number of nitrogens with one attached hydrogen (secondary N) is 1. The van der Waals surface area contributed by atoms with Crippen LogP contribution in [0.25, 0.3) is 0 Å². The number of fused-ring (bicyclic) bond motifs is 1. The van der Waals surface area contributed by atoms with Gasteiger partial charge < -0.3 is 25.9 Å². The molecule has 2 fully saturated rings. The van der Waals surface area contributed by atoms with Crippen LogP contribution in [0.4, 0.5) is 5.13 Å². The summed E-state index contributed by atoms with van der Waals surface area (Å²) >= 11 is 2.44. The van der Waals surface area contributed by atoms with E-state index in [1.807, 2.05) is 60.7 Å². The minimum Gasteiger partial charge on any atom is -0.452 e. The molecule has 3 aromatic rings. The highest BCUT2D eigenvalue weighted by molar-refractivity contribution is 8.93. The van der Waals surface area contributed by atoms with Gasteiger partial charge >= 0.3 is 5.97 Å². The van der Waals surface area contributed by atoms with Gasteiger partial charge in [-0.25, -0.2) is 4.98 Å². The molecular weight excluding hydrogens is 618 g/mol. The van der Waals surface area contributed by atoms with E-state index in [0.29, 0.717) is 5.75 Å². The Morgan fingerprint density at radius 1 is 1.20 bits per heavy atom. The molecule has 0 spiro atoms. The molecule has 0 aliphatic carbocycles. The van der Waals surface area contributed by atoms with Crippen LogP contribution >= 0.6 is 40.1 Å². The minimum atomic E-state index is -1.14. The van der Waals surface area contributed by atoms with Crippen molar-refractivity contribution in [3.05, 3.63) is 95.5 Å². The van der Waals surface area contributed by atoms with Crippen molar-refractivity contribution in [3.63, 3.8) is 0 Å². The first kappa shape index (κ1) is 29.3. The SMILES string of the molecule is Br.C=CC1(C(=O)OC(c2ccccc2)c2ccccc2)CS[C@@H]2C(NC(=O)C(=NO)c3csc(N)n3)C(=O)N2C1. The van der Waals surface area contributed by atoms with Crippen LogP contribution in [0.5, 0.6) is 0 Å². The van der Waals surface area contributed by atoms with Gasteiger partial charge in [-0.05, 0) is 11.1 Å². The number of β-lactam (4-membered cyclic amide) rings is 1. The summed E-state index contributed by atoms with van der Waals surface area (Å²) in [6.07, 6.45) is 0.906. The number of thiazole rings is 1. The summed E-state index contributed by atoms with van der Waals surface area (Å²) < 4.78 is 6.10. The molecule has 208 valence electrons. The molecule has 40 heavy (non-hydrogen) atoms. The lowest BCUT2D eigenvalue weighted by atomic mass is 9.87. The standard InChI is InChI=1S/C27H25N5O5S2.BrH/c1-2-27(25(35)37-21(16-9-5-3-6-10-16)17-11-7-4-8-12-17)14-32-23(34)20(24(32)39-15-27)30-22(33)19(31-36)18-13-38-26(28)29-18;/h2-13,20-21,24,36H,1,14-15H2,(H2,28,29)(H,30,33);1H/t20?,24-,27?;/m1./s1. The van der Waals surface area contributed by atoms with Crippen LogP contribution in [0.15, 0.2) is 83.9 Å². The van der Waals surface area contributed by atoms with E-state index in [9.17, 15) is 19.6 Å². The molecule has 3 atom stereocenters. The maximum atomic E-state index is 13.7. The smallest absolute Gasteiger partial charge is 0.319 e. The van der Waals surface area contributed by atoms with Crippen molar-refractivity contribution >= 4 is 68.7 Å². The Bertz CT molecular complexity index is 1400. The predicted molar refractivity (Wildman–Crippen MR) is 159 cm³/mol. The molecule has 5 rings (SSSR count). The number of carbonyl (C=O) groups is 3. The van der Waals surface area contributed by atoms with E-state index >= 15 is 0 Å². The van der Waals surface area contributed by atoms with Crippen molar-refractivity contribution in [2.45, 2.75) is 17.5 Å². The van der Waals surface area contributed by atoms with E-state index in [1.165, 1.54) is 28.1 Å². The maximum Gasteiger partial charge on any atom is 0.319 e. The number of nitrogen functional groups attached to an aromatic ring is 1. The number of hydrogen-bond donors (Lipinski definition) is 3. The normalized spacial score (nSPS) is 22.0. The van der Waals surface area contributed by atoms with Crippen molar-refractivity contribution in [2.75, 3.05) is 18.0 Å². The Balaban J connectivity index is 0.00000370. The molecule has 3 heterocycles. The van der Waals surface area contributed by atoms with Gasteiger partial charge in [0.1, 0.15) is 22.5 Å². The number of hydrogen-bond acceptors (Lipinski definition) is 10. The van der Waals surface area contributed by atoms with E-state index in [4.69, 9.17) is 10.5 Å². The number of thioether (sulfide) groups is 1. The number of carbonyl (C=O) groups excluding carboxylic acids is 3. The summed E-state index contributed by atoms with van der Waals surface area (Å²) in [5.74, 6) is -1.31. The Hall–Kier alpha value is -3.68. The van der Waals surface area contributed by atoms with E-state index in [0.717, 1.165) is 22.5 Å². The molecule has 2 aliphatic rings. The number of nitrogens with two attached hydrogens (primary N) is 1. The number of nitrogens with zero attached hydrogens (tertiary/aromatic N) is 3. The van der Waals surface area contributed by atoms with Crippen LogP contribution in [0.3, 0.4) is 0 Å². The van der Waals surface area contributed by atoms with Crippen LogP contribution in [-0.4, -0.2) is 62.3 Å². The molecular formula is C27H26BrN5O5S2. The topological polar surface area (TPSA) is 147 Å². The zero-order valence-corrected chi connectivity index (χ0v) is 24.4. The molecule has 2 unspecified atom stereocenters. The fraction of sp³-hybridized carbons (Fsp3) is 0.222. The predicted octanol–water partition coefficient (Wildman–Crippen LogP) is 3.39. The van der Waals surface area contributed by atoms with Crippen LogP contribution in [-0.2, 0) is 19.1 Å². The summed E-state index contributed by atoms with van der Waals surface area (Å²) in [7, 11) is 0. The molecule has 0 radical (unpaired) electrons. The average molecular weight is 645 g/mol. The Morgan fingerprint density at radius 3 is 2.35 bits per heavy atom. The molecule has 2 aliphatic heterocycles. The largest absolute Gasteiger partial charge is 0.452 e. The molecule has 0 saturated carbocycles. The summed E-state index contributed by atoms with van der Waals surface area (Å²) in [6.45, 7) is 3.96. The highest BCUT2D eigenvalue weighted by Crippen LogP contribution is 2.44. The summed E-state index contributed by atoms with van der Waals surface area (Å²) in [5.41, 5.74) is 5.89. The molecule has 2 aromatic carbocycles. The van der Waals surface area contributed by atoms with Gasteiger partial charge in [0.25, 0.3) is 5.91 Å². The quantitative estimate of drug-likeness (QED) is 0.0845. The average Bonchev–Trinajstić information content (AvgIpc) is 3.40. The van der Waals surface area contributed by atoms with Gasteiger partial charge in [-0.3, -0.25) is 14.4 Å². The second kappa shape index (κ2) is 12.2. The van der Waals surface area contributed by atoms with E-state index in [-0.39, 0.29) is 46.0 Å². The maximum absolute atomic E-state index is 13.7. The number of anilines is 1. The number of benzene rings is 2. The van der Waals surface area contributed by atoms with E-state index < -0.39 is 34.8 Å². The Kier molecular flexibility index (Phi) is 8.96. The van der Waals surface area contributed by atoms with Crippen LogP contribution in [0, 0.1) is 5.41 Å². The van der Waals surface area contributed by atoms with Crippen LogP contribution in [0.1, 0.15) is 22.9 Å².